The topological polar surface area (TPSA) is 49.4 Å². The van der Waals surface area contributed by atoms with Gasteiger partial charge in [-0.05, 0) is 31.2 Å². The van der Waals surface area contributed by atoms with E-state index in [1.807, 2.05) is 35.2 Å². The largest absolute Gasteiger partial charge is 0.344 e. The number of likely N-dealkylation sites (tertiary alicyclic amines) is 1. The van der Waals surface area contributed by atoms with Gasteiger partial charge in [-0.15, -0.1) is 0 Å². The van der Waals surface area contributed by atoms with Gasteiger partial charge in [-0.1, -0.05) is 43.2 Å². The Morgan fingerprint density at radius 2 is 1.70 bits per heavy atom. The first-order chi connectivity index (χ1) is 11.2. The average Bonchev–Trinajstić information content (AvgIpc) is 3.27. The van der Waals surface area contributed by atoms with Crippen LogP contribution in [-0.4, -0.2) is 35.8 Å². The van der Waals surface area contributed by atoms with Crippen molar-refractivity contribution in [3.63, 3.8) is 0 Å². The Morgan fingerprint density at radius 1 is 1.04 bits per heavy atom. The number of carbonyl (C=O) groups excluding carboxylic acids is 2. The molecule has 1 atom stereocenters. The van der Waals surface area contributed by atoms with Crippen LogP contribution in [0.4, 0.5) is 0 Å². The molecule has 1 N–H and O–H groups in total. The molecule has 0 radical (unpaired) electrons. The Labute approximate surface area is 138 Å². The van der Waals surface area contributed by atoms with Crippen molar-refractivity contribution >= 4 is 11.8 Å². The number of nitrogens with zero attached hydrogens (tertiary/aromatic N) is 1. The SMILES string of the molecule is O=C(N[C@H](Cc1ccccc1)C(=O)N1CCCC1)C1CCCC1. The van der Waals surface area contributed by atoms with E-state index in [-0.39, 0.29) is 17.7 Å². The van der Waals surface area contributed by atoms with Crippen molar-refractivity contribution in [2.75, 3.05) is 13.1 Å². The smallest absolute Gasteiger partial charge is 0.245 e. The lowest BCUT2D eigenvalue weighted by Gasteiger charge is -2.25. The molecule has 0 bridgehead atoms. The summed E-state index contributed by atoms with van der Waals surface area (Å²) in [7, 11) is 0. The molecular formula is C19H26N2O2. The fourth-order valence-electron chi connectivity index (χ4n) is 3.69. The van der Waals surface area contributed by atoms with Gasteiger partial charge in [-0.2, -0.15) is 0 Å². The summed E-state index contributed by atoms with van der Waals surface area (Å²) in [6.07, 6.45) is 6.89. The predicted molar refractivity (Wildman–Crippen MR) is 89.8 cm³/mol. The van der Waals surface area contributed by atoms with Gasteiger partial charge in [0.05, 0.1) is 0 Å². The van der Waals surface area contributed by atoms with Crippen LogP contribution in [-0.2, 0) is 16.0 Å². The summed E-state index contributed by atoms with van der Waals surface area (Å²) >= 11 is 0. The van der Waals surface area contributed by atoms with Gasteiger partial charge in [0.2, 0.25) is 11.8 Å². The van der Waals surface area contributed by atoms with Crippen LogP contribution in [0.15, 0.2) is 30.3 Å². The third-order valence-corrected chi connectivity index (χ3v) is 5.04. The minimum absolute atomic E-state index is 0.0657. The lowest BCUT2D eigenvalue weighted by molar-refractivity contribution is -0.136. The van der Waals surface area contributed by atoms with E-state index >= 15 is 0 Å². The normalized spacial score (nSPS) is 19.7. The third kappa shape index (κ3) is 4.12. The highest BCUT2D eigenvalue weighted by Gasteiger charge is 2.31. The summed E-state index contributed by atoms with van der Waals surface area (Å²) < 4.78 is 0. The monoisotopic (exact) mass is 314 g/mol. The van der Waals surface area contributed by atoms with E-state index < -0.39 is 6.04 Å². The van der Waals surface area contributed by atoms with Gasteiger partial charge in [0.25, 0.3) is 0 Å². The van der Waals surface area contributed by atoms with Gasteiger partial charge in [0.15, 0.2) is 0 Å². The van der Waals surface area contributed by atoms with Crippen LogP contribution >= 0.6 is 0 Å². The van der Waals surface area contributed by atoms with E-state index in [0.29, 0.717) is 6.42 Å². The lowest BCUT2D eigenvalue weighted by atomic mass is 10.0. The standard InChI is InChI=1S/C19H26N2O2/c22-18(16-10-4-5-11-16)20-17(14-15-8-2-1-3-9-15)19(23)21-12-6-7-13-21/h1-3,8-9,16-17H,4-7,10-14H2,(H,20,22)/t17-/m1/s1. The molecule has 1 aromatic carbocycles. The fourth-order valence-corrected chi connectivity index (χ4v) is 3.69. The van der Waals surface area contributed by atoms with Crippen molar-refractivity contribution in [1.82, 2.24) is 10.2 Å². The number of benzene rings is 1. The van der Waals surface area contributed by atoms with Crippen LogP contribution < -0.4 is 5.32 Å². The summed E-state index contributed by atoms with van der Waals surface area (Å²) in [5, 5.41) is 3.05. The van der Waals surface area contributed by atoms with E-state index in [2.05, 4.69) is 5.32 Å². The quantitative estimate of drug-likeness (QED) is 0.908. The van der Waals surface area contributed by atoms with Gasteiger partial charge in [0.1, 0.15) is 6.04 Å². The van der Waals surface area contributed by atoms with Gasteiger partial charge in [0, 0.05) is 25.4 Å². The Balaban J connectivity index is 1.69. The highest BCUT2D eigenvalue weighted by Crippen LogP contribution is 2.25. The molecule has 23 heavy (non-hydrogen) atoms. The van der Waals surface area contributed by atoms with Crippen LogP contribution in [0.2, 0.25) is 0 Å². The molecule has 1 heterocycles. The number of nitrogens with one attached hydrogen (secondary N) is 1. The van der Waals surface area contributed by atoms with Crippen molar-refractivity contribution in [2.24, 2.45) is 5.92 Å². The van der Waals surface area contributed by atoms with E-state index in [1.165, 1.54) is 0 Å². The lowest BCUT2D eigenvalue weighted by Crippen LogP contribution is -2.50. The van der Waals surface area contributed by atoms with Gasteiger partial charge >= 0.3 is 0 Å². The van der Waals surface area contributed by atoms with Gasteiger partial charge in [-0.3, -0.25) is 9.59 Å². The number of hydrogen-bond donors (Lipinski definition) is 1. The fraction of sp³-hybridized carbons (Fsp3) is 0.579. The average molecular weight is 314 g/mol. The summed E-state index contributed by atoms with van der Waals surface area (Å²) in [6, 6.07) is 9.54. The maximum atomic E-state index is 12.8. The molecular weight excluding hydrogens is 288 g/mol. The molecule has 1 aromatic rings. The Morgan fingerprint density at radius 3 is 2.35 bits per heavy atom. The molecule has 4 nitrogen and oxygen atoms in total. The zero-order chi connectivity index (χ0) is 16.1. The molecule has 0 unspecified atom stereocenters. The van der Waals surface area contributed by atoms with Crippen molar-refractivity contribution in [2.45, 2.75) is 51.0 Å². The maximum Gasteiger partial charge on any atom is 0.245 e. The number of carbonyl (C=O) groups is 2. The summed E-state index contributed by atoms with van der Waals surface area (Å²) in [5.41, 5.74) is 1.09. The molecule has 4 heteroatoms. The zero-order valence-electron chi connectivity index (χ0n) is 13.7. The number of hydrogen-bond acceptors (Lipinski definition) is 2. The highest BCUT2D eigenvalue weighted by atomic mass is 16.2. The molecule has 3 rings (SSSR count). The number of amides is 2. The molecule has 2 aliphatic rings. The second-order valence-electron chi connectivity index (χ2n) is 6.76. The first-order valence-corrected chi connectivity index (χ1v) is 8.87. The minimum Gasteiger partial charge on any atom is -0.344 e. The molecule has 1 saturated heterocycles. The molecule has 0 spiro atoms. The van der Waals surface area contributed by atoms with Crippen molar-refractivity contribution in [1.29, 1.82) is 0 Å². The van der Waals surface area contributed by atoms with Crippen molar-refractivity contribution < 1.29 is 9.59 Å². The second-order valence-corrected chi connectivity index (χ2v) is 6.76. The Hall–Kier alpha value is -1.84. The molecule has 0 aromatic heterocycles. The predicted octanol–water partition coefficient (Wildman–Crippen LogP) is 2.53. The molecule has 2 amide bonds. The summed E-state index contributed by atoms with van der Waals surface area (Å²) in [5.74, 6) is 0.244. The van der Waals surface area contributed by atoms with Gasteiger partial charge < -0.3 is 10.2 Å². The molecule has 1 saturated carbocycles. The van der Waals surface area contributed by atoms with E-state index in [0.717, 1.165) is 57.2 Å². The molecule has 1 aliphatic heterocycles. The molecule has 2 fully saturated rings. The van der Waals surface area contributed by atoms with Crippen LogP contribution in [0.5, 0.6) is 0 Å². The van der Waals surface area contributed by atoms with Crippen LogP contribution in [0.1, 0.15) is 44.1 Å². The maximum absolute atomic E-state index is 12.8. The third-order valence-electron chi connectivity index (χ3n) is 5.04. The zero-order valence-corrected chi connectivity index (χ0v) is 13.7. The first kappa shape index (κ1) is 16.0. The minimum atomic E-state index is -0.427. The van der Waals surface area contributed by atoms with E-state index in [9.17, 15) is 9.59 Å². The van der Waals surface area contributed by atoms with E-state index in [4.69, 9.17) is 0 Å². The highest BCUT2D eigenvalue weighted by molar-refractivity contribution is 5.89. The molecule has 1 aliphatic carbocycles. The second kappa shape index (κ2) is 7.62. The summed E-state index contributed by atoms with van der Waals surface area (Å²) in [6.45, 7) is 1.65. The molecule has 124 valence electrons. The van der Waals surface area contributed by atoms with Crippen LogP contribution in [0.3, 0.4) is 0 Å². The first-order valence-electron chi connectivity index (χ1n) is 8.87. The van der Waals surface area contributed by atoms with E-state index in [1.54, 1.807) is 0 Å². The van der Waals surface area contributed by atoms with Crippen LogP contribution in [0.25, 0.3) is 0 Å². The van der Waals surface area contributed by atoms with Gasteiger partial charge in [-0.25, -0.2) is 0 Å². The van der Waals surface area contributed by atoms with Crippen molar-refractivity contribution in [3.05, 3.63) is 35.9 Å². The number of rotatable bonds is 5. The van der Waals surface area contributed by atoms with Crippen molar-refractivity contribution in [3.8, 4) is 0 Å². The Bertz CT molecular complexity index is 532. The Kier molecular flexibility index (Phi) is 5.31. The summed E-state index contributed by atoms with van der Waals surface area (Å²) in [4.78, 5) is 27.2. The van der Waals surface area contributed by atoms with Crippen LogP contribution in [0, 0.1) is 5.92 Å².